The maximum atomic E-state index is 13.4. The molecule has 1 aliphatic rings. The molecule has 3 aromatic rings. The molecule has 0 unspecified atom stereocenters. The van der Waals surface area contributed by atoms with Crippen LogP contribution in [0.3, 0.4) is 0 Å². The zero-order chi connectivity index (χ0) is 35.5. The van der Waals surface area contributed by atoms with Gasteiger partial charge in [-0.15, -0.1) is 0 Å². The Morgan fingerprint density at radius 3 is 1.90 bits per heavy atom. The van der Waals surface area contributed by atoms with Crippen LogP contribution in [-0.2, 0) is 18.9 Å². The summed E-state index contributed by atoms with van der Waals surface area (Å²) in [6.07, 6.45) is 4.95. The van der Waals surface area contributed by atoms with Gasteiger partial charge in [0.2, 0.25) is 0 Å². The molecule has 0 saturated carbocycles. The first-order valence-corrected chi connectivity index (χ1v) is 15.5. The van der Waals surface area contributed by atoms with Crippen molar-refractivity contribution in [2.24, 2.45) is 0 Å². The molecule has 49 heavy (non-hydrogen) atoms. The summed E-state index contributed by atoms with van der Waals surface area (Å²) < 4.78 is 21.0. The Kier molecular flexibility index (Phi) is 12.6. The summed E-state index contributed by atoms with van der Waals surface area (Å²) in [5.41, 5.74) is 0.241. The van der Waals surface area contributed by atoms with Crippen LogP contribution >= 0.6 is 0 Å². The van der Waals surface area contributed by atoms with E-state index in [1.807, 2.05) is 24.3 Å². The number of benzene rings is 3. The number of ether oxygens (including phenoxy) is 4. The molecule has 0 amide bonds. The normalized spacial score (nSPS) is 12.6. The average molecular weight is 677 g/mol. The van der Waals surface area contributed by atoms with E-state index >= 15 is 0 Å². The van der Waals surface area contributed by atoms with Gasteiger partial charge in [-0.1, -0.05) is 30.4 Å². The van der Waals surface area contributed by atoms with E-state index in [1.165, 1.54) is 6.07 Å². The van der Waals surface area contributed by atoms with Gasteiger partial charge in [0.15, 0.2) is 0 Å². The number of fused-ring (bicyclic) bond motifs is 3. The van der Waals surface area contributed by atoms with E-state index in [4.69, 9.17) is 18.9 Å². The van der Waals surface area contributed by atoms with Crippen LogP contribution < -0.4 is 4.90 Å². The Morgan fingerprint density at radius 2 is 1.33 bits per heavy atom. The maximum absolute atomic E-state index is 13.4. The first kappa shape index (κ1) is 36.3. The minimum Gasteiger partial charge on any atom is -0.460 e. The van der Waals surface area contributed by atoms with Gasteiger partial charge in [0, 0.05) is 55.2 Å². The van der Waals surface area contributed by atoms with Gasteiger partial charge in [-0.05, 0) is 42.7 Å². The smallest absolute Gasteiger partial charge is 0.339 e. The summed E-state index contributed by atoms with van der Waals surface area (Å²) in [6.45, 7) is 6.89. The largest absolute Gasteiger partial charge is 0.460 e. The fourth-order valence-corrected chi connectivity index (χ4v) is 5.41. The van der Waals surface area contributed by atoms with Gasteiger partial charge in [0.05, 0.1) is 65.0 Å². The molecular formula is C34H36N4O11. The third kappa shape index (κ3) is 8.70. The van der Waals surface area contributed by atoms with Crippen LogP contribution in [0.5, 0.6) is 0 Å². The molecule has 4 rings (SSSR count). The first-order valence-electron chi connectivity index (χ1n) is 15.5. The lowest BCUT2D eigenvalue weighted by atomic mass is 9.97. The number of carbonyl (C=O) groups excluding carboxylic acids is 1. The number of nitro benzene ring substituents is 3. The quantitative estimate of drug-likeness (QED) is 0.0502. The van der Waals surface area contributed by atoms with Gasteiger partial charge in [-0.3, -0.25) is 30.3 Å². The number of hydrogen-bond acceptors (Lipinski definition) is 12. The minimum absolute atomic E-state index is 0.00267. The van der Waals surface area contributed by atoms with Gasteiger partial charge in [0.25, 0.3) is 17.1 Å². The second kappa shape index (κ2) is 17.1. The molecular weight excluding hydrogens is 640 g/mol. The highest BCUT2D eigenvalue weighted by Gasteiger charge is 2.38. The molecule has 3 aromatic carbocycles. The maximum Gasteiger partial charge on any atom is 0.339 e. The number of anilines is 1. The number of hydrogen-bond donors (Lipinski definition) is 0. The van der Waals surface area contributed by atoms with Crippen molar-refractivity contribution in [1.29, 1.82) is 0 Å². The van der Waals surface area contributed by atoms with Crippen molar-refractivity contribution in [3.63, 3.8) is 0 Å². The number of nitrogens with zero attached hydrogens (tertiary/aromatic N) is 4. The third-order valence-corrected chi connectivity index (χ3v) is 7.73. The van der Waals surface area contributed by atoms with Crippen LogP contribution in [0.15, 0.2) is 60.7 Å². The van der Waals surface area contributed by atoms with Gasteiger partial charge < -0.3 is 23.8 Å². The number of non-ortho nitro benzene ring substituents is 2. The van der Waals surface area contributed by atoms with Gasteiger partial charge in [-0.2, -0.15) is 0 Å². The van der Waals surface area contributed by atoms with E-state index in [-0.39, 0.29) is 59.8 Å². The van der Waals surface area contributed by atoms with E-state index in [0.29, 0.717) is 13.2 Å². The molecule has 0 atom stereocenters. The molecule has 0 aliphatic heterocycles. The molecule has 0 spiro atoms. The standard InChI is InChI=1S/C34H36N4O11/c1-4-35(5-2)24-11-9-23(10-12-24)7-6-8-27-28-19-25(36(40)41)21-30(34(39)49-18-17-48-16-15-47-14-13-46-3)32(28)33-29(27)20-26(37(42)43)22-31(33)38(44)45/h6-12,19-22H,4-5,13-18H2,1-3H3/b7-6+,27-8-. The molecule has 1 aliphatic carbocycles. The summed E-state index contributed by atoms with van der Waals surface area (Å²) in [5.74, 6) is -0.983. The molecule has 0 saturated heterocycles. The lowest BCUT2D eigenvalue weighted by Gasteiger charge is -2.20. The van der Waals surface area contributed by atoms with Crippen LogP contribution in [0.1, 0.15) is 40.9 Å². The number of nitro groups is 3. The van der Waals surface area contributed by atoms with Crippen LogP contribution in [0.4, 0.5) is 22.7 Å². The lowest BCUT2D eigenvalue weighted by Crippen LogP contribution is -2.21. The summed E-state index contributed by atoms with van der Waals surface area (Å²) in [6, 6.07) is 11.9. The van der Waals surface area contributed by atoms with Crippen LogP contribution in [0, 0.1) is 30.3 Å². The van der Waals surface area contributed by atoms with E-state index in [2.05, 4.69) is 18.7 Å². The number of allylic oxidation sites excluding steroid dienone is 2. The number of carbonyl (C=O) groups is 1. The number of rotatable bonds is 18. The molecule has 0 heterocycles. The van der Waals surface area contributed by atoms with Crippen molar-refractivity contribution in [2.75, 3.05) is 64.7 Å². The SMILES string of the molecule is CCN(CC)c1ccc(/C=C/C=C2/c3cc([N+](=O)[O-])cc(C(=O)OCCOCCOCCOC)c3-c3c2cc([N+](=O)[O-])cc3[N+](=O)[O-])cc1. The Balaban J connectivity index is 1.74. The monoisotopic (exact) mass is 676 g/mol. The first-order chi connectivity index (χ1) is 23.6. The van der Waals surface area contributed by atoms with Crippen molar-refractivity contribution in [2.45, 2.75) is 13.8 Å². The van der Waals surface area contributed by atoms with E-state index < -0.39 is 37.8 Å². The Morgan fingerprint density at radius 1 is 0.755 bits per heavy atom. The molecule has 0 N–H and O–H groups in total. The molecule has 15 heteroatoms. The van der Waals surface area contributed by atoms with Crippen molar-refractivity contribution < 1.29 is 38.5 Å². The molecule has 0 aromatic heterocycles. The number of methoxy groups -OCH3 is 1. The predicted octanol–water partition coefficient (Wildman–Crippen LogP) is 6.22. The summed E-state index contributed by atoms with van der Waals surface area (Å²) in [5, 5.41) is 36.1. The van der Waals surface area contributed by atoms with Crippen LogP contribution in [0.2, 0.25) is 0 Å². The van der Waals surface area contributed by atoms with Gasteiger partial charge in [0.1, 0.15) is 6.61 Å². The fraction of sp³-hybridized carbons (Fsp3) is 0.324. The molecule has 0 fully saturated rings. The molecule has 0 radical (unpaired) electrons. The average Bonchev–Trinajstić information content (AvgIpc) is 3.40. The lowest BCUT2D eigenvalue weighted by molar-refractivity contribution is -0.393. The van der Waals surface area contributed by atoms with Crippen molar-refractivity contribution in [3.8, 4) is 11.1 Å². The van der Waals surface area contributed by atoms with E-state index in [1.54, 1.807) is 25.3 Å². The summed E-state index contributed by atoms with van der Waals surface area (Å²) >= 11 is 0. The second-order valence-electron chi connectivity index (χ2n) is 10.6. The summed E-state index contributed by atoms with van der Waals surface area (Å²) in [7, 11) is 1.55. The highest BCUT2D eigenvalue weighted by Crippen LogP contribution is 2.52. The molecule has 0 bridgehead atoms. The predicted molar refractivity (Wildman–Crippen MR) is 182 cm³/mol. The molecule has 15 nitrogen and oxygen atoms in total. The number of esters is 1. The topological polar surface area (TPSA) is 187 Å². The van der Waals surface area contributed by atoms with Gasteiger partial charge in [-0.25, -0.2) is 4.79 Å². The van der Waals surface area contributed by atoms with E-state index in [0.717, 1.165) is 42.5 Å². The zero-order valence-corrected chi connectivity index (χ0v) is 27.3. The third-order valence-electron chi connectivity index (χ3n) is 7.73. The Bertz CT molecular complexity index is 1770. The Labute approximate surface area is 281 Å². The van der Waals surface area contributed by atoms with Gasteiger partial charge >= 0.3 is 5.97 Å². The van der Waals surface area contributed by atoms with Crippen LogP contribution in [0.25, 0.3) is 22.8 Å². The second-order valence-corrected chi connectivity index (χ2v) is 10.6. The highest BCUT2D eigenvalue weighted by molar-refractivity contribution is 6.12. The Hall–Kier alpha value is -5.51. The fourth-order valence-electron chi connectivity index (χ4n) is 5.41. The zero-order valence-electron chi connectivity index (χ0n) is 27.3. The highest BCUT2D eigenvalue weighted by atomic mass is 16.6. The minimum atomic E-state index is -0.983. The van der Waals surface area contributed by atoms with Crippen molar-refractivity contribution in [1.82, 2.24) is 0 Å². The van der Waals surface area contributed by atoms with Crippen molar-refractivity contribution in [3.05, 3.63) is 113 Å². The summed E-state index contributed by atoms with van der Waals surface area (Å²) in [4.78, 5) is 49.4. The van der Waals surface area contributed by atoms with Crippen molar-refractivity contribution >= 4 is 40.4 Å². The van der Waals surface area contributed by atoms with Crippen LogP contribution in [-0.4, -0.2) is 80.6 Å². The molecule has 258 valence electrons. The van der Waals surface area contributed by atoms with E-state index in [9.17, 15) is 35.1 Å².